The standard InChI is InChI=1S/C6H4F3NO/c7-6(8,9)5-3-4(10)1-2-11-5/h1-3,10H/p+1. The summed E-state index contributed by atoms with van der Waals surface area (Å²) < 4.78 is 39.6. The summed E-state index contributed by atoms with van der Waals surface area (Å²) in [5.41, 5.74) is 0. The lowest BCUT2D eigenvalue weighted by Gasteiger charge is -2.01. The zero-order valence-corrected chi connectivity index (χ0v) is 5.35. The molecule has 0 unspecified atom stereocenters. The summed E-state index contributed by atoms with van der Waals surface area (Å²) in [5, 5.41) is 5.13. The van der Waals surface area contributed by atoms with E-state index in [4.69, 9.17) is 5.41 Å². The Bertz CT molecular complexity index is 301. The molecule has 0 radical (unpaired) electrons. The predicted molar refractivity (Wildman–Crippen MR) is 28.8 cm³/mol. The molecule has 0 saturated carbocycles. The van der Waals surface area contributed by atoms with E-state index in [9.17, 15) is 13.2 Å². The van der Waals surface area contributed by atoms with Gasteiger partial charge >= 0.3 is 6.18 Å². The molecule has 0 spiro atoms. The van der Waals surface area contributed by atoms with E-state index >= 15 is 0 Å². The van der Waals surface area contributed by atoms with Crippen molar-refractivity contribution in [3.63, 3.8) is 0 Å². The van der Waals surface area contributed by atoms with Crippen LogP contribution in [0.15, 0.2) is 22.8 Å². The Morgan fingerprint density at radius 3 is 2.36 bits per heavy atom. The lowest BCUT2D eigenvalue weighted by atomic mass is 10.4. The second-order valence-corrected chi connectivity index (χ2v) is 1.93. The van der Waals surface area contributed by atoms with Crippen LogP contribution in [0.2, 0.25) is 0 Å². The molecule has 5 heteroatoms. The average molecular weight is 164 g/mol. The van der Waals surface area contributed by atoms with Crippen molar-refractivity contribution in [1.29, 1.82) is 0 Å². The fourth-order valence-corrected chi connectivity index (χ4v) is 0.568. The minimum Gasteiger partial charge on any atom is -0.459 e. The predicted octanol–water partition coefficient (Wildman–Crippen LogP) is -0.0418. The van der Waals surface area contributed by atoms with Gasteiger partial charge in [0.25, 0.3) is 0 Å². The van der Waals surface area contributed by atoms with Crippen LogP contribution in [0.5, 0.6) is 0 Å². The Kier molecular flexibility index (Phi) is 1.72. The zero-order chi connectivity index (χ0) is 8.48. The minimum atomic E-state index is -4.46. The number of halogens is 3. The summed E-state index contributed by atoms with van der Waals surface area (Å²) in [4.78, 5) is 0. The molecule has 60 valence electrons. The fraction of sp³-hybridized carbons (Fsp3) is 0.167. The molecule has 0 bridgehead atoms. The number of hydrogen-bond acceptors (Lipinski definition) is 1. The summed E-state index contributed by atoms with van der Waals surface area (Å²) in [5.74, 6) is -1.09. The van der Waals surface area contributed by atoms with Crippen molar-refractivity contribution in [2.75, 3.05) is 0 Å². The molecule has 2 N–H and O–H groups in total. The highest BCUT2D eigenvalue weighted by Gasteiger charge is 2.34. The van der Waals surface area contributed by atoms with Crippen molar-refractivity contribution in [2.24, 2.45) is 0 Å². The van der Waals surface area contributed by atoms with E-state index in [1.807, 2.05) is 0 Å². The molecule has 0 aliphatic rings. The molecule has 0 atom stereocenters. The highest BCUT2D eigenvalue weighted by molar-refractivity contribution is 5.00. The van der Waals surface area contributed by atoms with E-state index in [0.717, 1.165) is 12.3 Å². The van der Waals surface area contributed by atoms with Crippen LogP contribution in [-0.2, 0) is 6.18 Å². The van der Waals surface area contributed by atoms with Gasteiger partial charge in [-0.15, -0.1) is 0 Å². The van der Waals surface area contributed by atoms with E-state index < -0.39 is 11.9 Å². The third-order valence-electron chi connectivity index (χ3n) is 1.03. The largest absolute Gasteiger partial charge is 0.459 e. The van der Waals surface area contributed by atoms with Crippen LogP contribution in [0.4, 0.5) is 13.2 Å². The molecule has 0 aliphatic heterocycles. The van der Waals surface area contributed by atoms with Gasteiger partial charge in [0, 0.05) is 6.07 Å². The van der Waals surface area contributed by atoms with Crippen LogP contribution in [0.1, 0.15) is 5.76 Å². The summed E-state index contributed by atoms with van der Waals surface area (Å²) in [6.07, 6.45) is -3.56. The van der Waals surface area contributed by atoms with Crippen LogP contribution in [0.25, 0.3) is 0 Å². The van der Waals surface area contributed by atoms with Crippen molar-refractivity contribution >= 4 is 0 Å². The summed E-state index contributed by atoms with van der Waals surface area (Å²) in [7, 11) is 0. The first-order valence-corrected chi connectivity index (χ1v) is 2.74. The zero-order valence-electron chi connectivity index (χ0n) is 5.35. The van der Waals surface area contributed by atoms with Gasteiger partial charge in [0.15, 0.2) is 0 Å². The molecule has 0 fully saturated rings. The van der Waals surface area contributed by atoms with Crippen LogP contribution in [0, 0.1) is 0 Å². The molecular formula is C6H5F3NO+. The molecule has 0 amide bonds. The summed E-state index contributed by atoms with van der Waals surface area (Å²) in [6.45, 7) is 0. The number of nitrogens with two attached hydrogens (primary N) is 1. The van der Waals surface area contributed by atoms with Crippen molar-refractivity contribution in [3.05, 3.63) is 29.5 Å². The van der Waals surface area contributed by atoms with Crippen molar-refractivity contribution in [2.45, 2.75) is 6.18 Å². The van der Waals surface area contributed by atoms with Crippen LogP contribution >= 0.6 is 0 Å². The maximum Gasteiger partial charge on any atom is 0.449 e. The number of hydrogen-bond donors (Lipinski definition) is 1. The molecule has 1 rings (SSSR count). The lowest BCUT2D eigenvalue weighted by molar-refractivity contribution is -0.177. The summed E-state index contributed by atoms with van der Waals surface area (Å²) in [6, 6.07) is 1.98. The quantitative estimate of drug-likeness (QED) is 0.574. The summed E-state index contributed by atoms with van der Waals surface area (Å²) >= 11 is 0. The van der Waals surface area contributed by atoms with Gasteiger partial charge in [0.1, 0.15) is 0 Å². The van der Waals surface area contributed by atoms with Crippen LogP contribution in [0.3, 0.4) is 0 Å². The monoisotopic (exact) mass is 164 g/mol. The molecular weight excluding hydrogens is 159 g/mol. The average Bonchev–Trinajstić information content (AvgIpc) is 1.86. The van der Waals surface area contributed by atoms with Crippen molar-refractivity contribution < 1.29 is 23.0 Å². The molecule has 0 aliphatic carbocycles. The Morgan fingerprint density at radius 2 is 2.00 bits per heavy atom. The van der Waals surface area contributed by atoms with Gasteiger partial charge in [-0.2, -0.15) is 13.2 Å². The van der Waals surface area contributed by atoms with Gasteiger partial charge in [-0.3, -0.25) is 5.41 Å². The fourth-order valence-electron chi connectivity index (χ4n) is 0.568. The first kappa shape index (κ1) is 7.84. The van der Waals surface area contributed by atoms with Gasteiger partial charge in [0.2, 0.25) is 11.1 Å². The van der Waals surface area contributed by atoms with E-state index in [2.05, 4.69) is 4.42 Å². The van der Waals surface area contributed by atoms with Crippen LogP contribution in [-0.4, -0.2) is 0 Å². The third-order valence-corrected chi connectivity index (χ3v) is 1.03. The lowest BCUT2D eigenvalue weighted by Crippen LogP contribution is -2.44. The Hall–Kier alpha value is -1.26. The molecule has 2 nitrogen and oxygen atoms in total. The maximum atomic E-state index is 11.8. The Morgan fingerprint density at radius 1 is 1.36 bits per heavy atom. The van der Waals surface area contributed by atoms with Gasteiger partial charge < -0.3 is 4.42 Å². The Labute approximate surface area is 59.8 Å². The van der Waals surface area contributed by atoms with E-state index in [0.29, 0.717) is 0 Å². The van der Waals surface area contributed by atoms with Gasteiger partial charge in [-0.1, -0.05) is 0 Å². The minimum absolute atomic E-state index is 0.0311. The first-order valence-electron chi connectivity index (χ1n) is 2.74. The van der Waals surface area contributed by atoms with E-state index in [1.54, 1.807) is 0 Å². The highest BCUT2D eigenvalue weighted by atomic mass is 19.4. The second-order valence-electron chi connectivity index (χ2n) is 1.93. The molecule has 0 aromatic carbocycles. The molecule has 11 heavy (non-hydrogen) atoms. The first-order chi connectivity index (χ1) is 5.00. The van der Waals surface area contributed by atoms with Crippen LogP contribution < -0.4 is 10.8 Å². The topological polar surface area (TPSA) is 38.7 Å². The third kappa shape index (κ3) is 1.83. The van der Waals surface area contributed by atoms with Crippen molar-refractivity contribution in [1.82, 2.24) is 0 Å². The second kappa shape index (κ2) is 2.41. The molecule has 1 aromatic rings. The van der Waals surface area contributed by atoms with Crippen molar-refractivity contribution in [3.8, 4) is 0 Å². The maximum absolute atomic E-state index is 11.8. The molecule has 1 heterocycles. The highest BCUT2D eigenvalue weighted by Crippen LogP contribution is 2.27. The van der Waals surface area contributed by atoms with Gasteiger partial charge in [-0.25, -0.2) is 0 Å². The van der Waals surface area contributed by atoms with E-state index in [1.165, 1.54) is 6.07 Å². The van der Waals surface area contributed by atoms with Gasteiger partial charge in [-0.05, 0) is 0 Å². The number of rotatable bonds is 0. The number of alkyl halides is 3. The van der Waals surface area contributed by atoms with Gasteiger partial charge in [0.05, 0.1) is 12.3 Å². The smallest absolute Gasteiger partial charge is 0.449 e. The molecule has 0 saturated heterocycles. The Balaban J connectivity index is 3.16. The molecule has 1 aromatic heterocycles. The SMILES string of the molecule is [NH2+]=c1ccoc(C(F)(F)F)c1. The van der Waals surface area contributed by atoms with E-state index in [-0.39, 0.29) is 5.36 Å². The normalized spacial score (nSPS) is 11.5.